The Bertz CT molecular complexity index is 1100. The van der Waals surface area contributed by atoms with Gasteiger partial charge in [-0.15, -0.1) is 0 Å². The minimum Gasteiger partial charge on any atom is -0.381 e. The lowest BCUT2D eigenvalue weighted by Crippen LogP contribution is -2.34. The Balaban J connectivity index is 1.79. The van der Waals surface area contributed by atoms with Crippen LogP contribution in [0.2, 0.25) is 0 Å². The molecule has 4 rings (SSSR count). The maximum atomic E-state index is 14.6. The van der Waals surface area contributed by atoms with Crippen LogP contribution in [0.1, 0.15) is 46.9 Å². The van der Waals surface area contributed by atoms with Crippen LogP contribution in [0, 0.1) is 17.7 Å². The van der Waals surface area contributed by atoms with Gasteiger partial charge in [-0.1, -0.05) is 11.8 Å². The molecule has 2 aliphatic rings. The van der Waals surface area contributed by atoms with Gasteiger partial charge in [0.15, 0.2) is 5.78 Å². The van der Waals surface area contributed by atoms with E-state index in [1.54, 1.807) is 18.3 Å². The van der Waals surface area contributed by atoms with Crippen LogP contribution in [0.5, 0.6) is 0 Å². The van der Waals surface area contributed by atoms with E-state index in [-0.39, 0.29) is 16.9 Å². The quantitative estimate of drug-likeness (QED) is 0.415. The molecular weight excluding hydrogens is 375 g/mol. The molecule has 148 valence electrons. The zero-order chi connectivity index (χ0) is 20.6. The zero-order valence-electron chi connectivity index (χ0n) is 15.8. The van der Waals surface area contributed by atoms with Crippen LogP contribution in [0.25, 0.3) is 11.6 Å². The number of Topliss-reactive ketones (excluding diaryl/α,β-unsaturated/α-hetero) is 1. The number of halogens is 1. The summed E-state index contributed by atoms with van der Waals surface area (Å²) in [5.41, 5.74) is 0.853. The Hall–Kier alpha value is -3.21. The summed E-state index contributed by atoms with van der Waals surface area (Å²) in [6.07, 6.45) is 3.79. The lowest BCUT2D eigenvalue weighted by molar-refractivity contribution is -0.110. The molecule has 1 fully saturated rings. The van der Waals surface area contributed by atoms with Crippen molar-refractivity contribution in [1.82, 2.24) is 4.98 Å². The molecule has 7 heteroatoms. The molecule has 0 radical (unpaired) electrons. The highest BCUT2D eigenvalue weighted by Crippen LogP contribution is 2.37. The molecule has 0 aliphatic carbocycles. The second-order valence-corrected chi connectivity index (χ2v) is 7.15. The van der Waals surface area contributed by atoms with Crippen LogP contribution in [-0.2, 0) is 9.53 Å². The third-order valence-corrected chi connectivity index (χ3v) is 5.07. The standard InChI is InChI=1S/C22H19FN2O4/c1-13(26)14-10-15(24-12-14)11-17-20-16(4-5-22(28)6-8-29-9-7-22)18(23)2-3-19(20)25-21(17)27/h2-3,10-12,24,28H,6-9H2,1H3,(H,25,27). The Morgan fingerprint density at radius 3 is 2.79 bits per heavy atom. The number of aromatic amines is 1. The highest BCUT2D eigenvalue weighted by atomic mass is 19.1. The van der Waals surface area contributed by atoms with E-state index in [0.29, 0.717) is 48.6 Å². The number of H-pyrrole nitrogens is 1. The molecule has 1 amide bonds. The van der Waals surface area contributed by atoms with Crippen molar-refractivity contribution in [2.75, 3.05) is 18.5 Å². The SMILES string of the molecule is CC(=O)c1c[nH]c(C=C2C(=O)Nc3ccc(F)c(C#CC4(O)CCOCC4)c32)c1. The number of amides is 1. The number of carbonyl (C=O) groups is 2. The van der Waals surface area contributed by atoms with E-state index in [2.05, 4.69) is 22.1 Å². The van der Waals surface area contributed by atoms with E-state index in [1.807, 2.05) is 0 Å². The summed E-state index contributed by atoms with van der Waals surface area (Å²) in [7, 11) is 0. The van der Waals surface area contributed by atoms with Crippen molar-refractivity contribution >= 4 is 29.0 Å². The maximum absolute atomic E-state index is 14.6. The van der Waals surface area contributed by atoms with Gasteiger partial charge >= 0.3 is 0 Å². The summed E-state index contributed by atoms with van der Waals surface area (Å²) in [6.45, 7) is 2.22. The summed E-state index contributed by atoms with van der Waals surface area (Å²) in [4.78, 5) is 26.9. The van der Waals surface area contributed by atoms with E-state index in [4.69, 9.17) is 4.74 Å². The molecule has 0 saturated carbocycles. The molecule has 0 unspecified atom stereocenters. The minimum absolute atomic E-state index is 0.0466. The summed E-state index contributed by atoms with van der Waals surface area (Å²) in [5, 5.41) is 13.3. The highest BCUT2D eigenvalue weighted by Gasteiger charge is 2.30. The van der Waals surface area contributed by atoms with Gasteiger partial charge in [0.2, 0.25) is 0 Å². The summed E-state index contributed by atoms with van der Waals surface area (Å²) in [5.74, 6) is 4.45. The van der Waals surface area contributed by atoms with Crippen LogP contribution in [-0.4, -0.2) is 40.6 Å². The van der Waals surface area contributed by atoms with Gasteiger partial charge in [-0.25, -0.2) is 4.39 Å². The average molecular weight is 394 g/mol. The Labute approximate surface area is 166 Å². The minimum atomic E-state index is -1.25. The number of fused-ring (bicyclic) bond motifs is 1. The number of nitrogens with one attached hydrogen (secondary N) is 2. The van der Waals surface area contributed by atoms with Crippen molar-refractivity contribution in [3.05, 3.63) is 52.6 Å². The topological polar surface area (TPSA) is 91.4 Å². The van der Waals surface area contributed by atoms with E-state index >= 15 is 0 Å². The second-order valence-electron chi connectivity index (χ2n) is 7.15. The third kappa shape index (κ3) is 3.73. The van der Waals surface area contributed by atoms with Crippen molar-refractivity contribution in [2.24, 2.45) is 0 Å². The van der Waals surface area contributed by atoms with Gasteiger partial charge in [-0.2, -0.15) is 0 Å². The van der Waals surface area contributed by atoms with Crippen LogP contribution in [0.3, 0.4) is 0 Å². The number of aromatic nitrogens is 1. The fraction of sp³-hybridized carbons (Fsp3) is 0.273. The molecular formula is C22H19FN2O4. The van der Waals surface area contributed by atoms with E-state index in [0.717, 1.165) is 0 Å². The maximum Gasteiger partial charge on any atom is 0.256 e. The molecule has 3 heterocycles. The smallest absolute Gasteiger partial charge is 0.256 e. The predicted octanol–water partition coefficient (Wildman–Crippen LogP) is 2.74. The van der Waals surface area contributed by atoms with E-state index in [1.165, 1.54) is 19.1 Å². The number of benzene rings is 1. The number of rotatable bonds is 2. The van der Waals surface area contributed by atoms with Crippen LogP contribution in [0.4, 0.5) is 10.1 Å². The van der Waals surface area contributed by atoms with Crippen molar-refractivity contribution in [3.63, 3.8) is 0 Å². The van der Waals surface area contributed by atoms with Crippen LogP contribution >= 0.6 is 0 Å². The lowest BCUT2D eigenvalue weighted by atomic mass is 9.93. The normalized spacial score (nSPS) is 18.7. The fourth-order valence-corrected chi connectivity index (χ4v) is 3.39. The molecule has 1 aromatic heterocycles. The first-order chi connectivity index (χ1) is 13.9. The molecule has 2 aromatic rings. The molecule has 2 aliphatic heterocycles. The first-order valence-corrected chi connectivity index (χ1v) is 9.25. The van der Waals surface area contributed by atoms with Gasteiger partial charge in [0.05, 0.1) is 30.0 Å². The van der Waals surface area contributed by atoms with Crippen LogP contribution in [0.15, 0.2) is 24.4 Å². The molecule has 0 bridgehead atoms. The first kappa shape index (κ1) is 19.1. The Morgan fingerprint density at radius 2 is 2.10 bits per heavy atom. The van der Waals surface area contributed by atoms with Gasteiger partial charge in [0.1, 0.15) is 11.4 Å². The predicted molar refractivity (Wildman–Crippen MR) is 106 cm³/mol. The van der Waals surface area contributed by atoms with Crippen molar-refractivity contribution < 1.29 is 23.8 Å². The monoisotopic (exact) mass is 394 g/mol. The molecule has 29 heavy (non-hydrogen) atoms. The molecule has 6 nitrogen and oxygen atoms in total. The third-order valence-electron chi connectivity index (χ3n) is 5.07. The van der Waals surface area contributed by atoms with E-state index in [9.17, 15) is 19.1 Å². The van der Waals surface area contributed by atoms with Crippen molar-refractivity contribution in [3.8, 4) is 11.8 Å². The Morgan fingerprint density at radius 1 is 1.34 bits per heavy atom. The number of ether oxygens (including phenoxy) is 1. The number of hydrogen-bond donors (Lipinski definition) is 3. The molecule has 0 spiro atoms. The highest BCUT2D eigenvalue weighted by molar-refractivity contribution is 6.35. The molecule has 3 N–H and O–H groups in total. The van der Waals surface area contributed by atoms with Gasteiger partial charge < -0.3 is 20.1 Å². The van der Waals surface area contributed by atoms with Gasteiger partial charge in [0.25, 0.3) is 5.91 Å². The zero-order valence-corrected chi connectivity index (χ0v) is 15.8. The van der Waals surface area contributed by atoms with Crippen LogP contribution < -0.4 is 5.32 Å². The number of aliphatic hydroxyl groups is 1. The number of hydrogen-bond acceptors (Lipinski definition) is 4. The van der Waals surface area contributed by atoms with Crippen molar-refractivity contribution in [1.29, 1.82) is 0 Å². The lowest BCUT2D eigenvalue weighted by Gasteiger charge is -2.26. The first-order valence-electron chi connectivity index (χ1n) is 9.25. The largest absolute Gasteiger partial charge is 0.381 e. The summed E-state index contributed by atoms with van der Waals surface area (Å²) >= 11 is 0. The van der Waals surface area contributed by atoms with Crippen molar-refractivity contribution in [2.45, 2.75) is 25.4 Å². The summed E-state index contributed by atoms with van der Waals surface area (Å²) in [6, 6.07) is 4.34. The van der Waals surface area contributed by atoms with Gasteiger partial charge in [-0.05, 0) is 31.2 Å². The average Bonchev–Trinajstić information content (AvgIpc) is 3.27. The number of ketones is 1. The molecule has 0 atom stereocenters. The number of carbonyl (C=O) groups excluding carboxylic acids is 2. The van der Waals surface area contributed by atoms with E-state index < -0.39 is 17.3 Å². The molecule has 1 saturated heterocycles. The van der Waals surface area contributed by atoms with Gasteiger partial charge in [-0.3, -0.25) is 9.59 Å². The van der Waals surface area contributed by atoms with Gasteiger partial charge in [0, 0.05) is 35.9 Å². The molecule has 1 aromatic carbocycles. The number of anilines is 1. The second kappa shape index (κ2) is 7.32. The Kier molecular flexibility index (Phi) is 4.82. The fourth-order valence-electron chi connectivity index (χ4n) is 3.39. The summed E-state index contributed by atoms with van der Waals surface area (Å²) < 4.78 is 19.9.